The molecule has 4 nitrogen and oxygen atoms in total. The molecule has 1 aromatic carbocycles. The van der Waals surface area contributed by atoms with Gasteiger partial charge in [-0.2, -0.15) is 0 Å². The number of hydrogen-bond acceptors (Lipinski definition) is 2. The number of benzene rings is 1. The lowest BCUT2D eigenvalue weighted by molar-refractivity contribution is 0.0713. The summed E-state index contributed by atoms with van der Waals surface area (Å²) < 4.78 is 0. The summed E-state index contributed by atoms with van der Waals surface area (Å²) in [6.45, 7) is 3.48. The average molecular weight is 354 g/mol. The fraction of sp³-hybridized carbons (Fsp3) is 0.300. The van der Waals surface area contributed by atoms with E-state index in [-0.39, 0.29) is 5.91 Å². The van der Waals surface area contributed by atoms with E-state index in [0.29, 0.717) is 10.9 Å². The molecule has 1 aliphatic heterocycles. The third-order valence-electron chi connectivity index (χ3n) is 5.11. The van der Waals surface area contributed by atoms with Crippen LogP contribution in [0.2, 0.25) is 5.02 Å². The first-order chi connectivity index (χ1) is 12.1. The minimum absolute atomic E-state index is 0.0961. The van der Waals surface area contributed by atoms with Crippen LogP contribution in [0.1, 0.15) is 40.2 Å². The van der Waals surface area contributed by atoms with Crippen LogP contribution >= 0.6 is 11.6 Å². The van der Waals surface area contributed by atoms with E-state index < -0.39 is 0 Å². The van der Waals surface area contributed by atoms with Crippen molar-refractivity contribution < 1.29 is 4.79 Å². The summed E-state index contributed by atoms with van der Waals surface area (Å²) in [5, 5.41) is 1.89. The maximum atomic E-state index is 12.7. The Kier molecular flexibility index (Phi) is 4.22. The molecule has 1 fully saturated rings. The van der Waals surface area contributed by atoms with Crippen LogP contribution in [0.5, 0.6) is 0 Å². The van der Waals surface area contributed by atoms with E-state index in [1.165, 1.54) is 10.9 Å². The molecule has 3 heterocycles. The molecule has 1 aliphatic rings. The minimum atomic E-state index is 0.0961. The van der Waals surface area contributed by atoms with Gasteiger partial charge in [0.25, 0.3) is 5.91 Å². The highest BCUT2D eigenvalue weighted by molar-refractivity contribution is 6.31. The third kappa shape index (κ3) is 3.02. The van der Waals surface area contributed by atoms with Crippen LogP contribution in [-0.2, 0) is 0 Å². The van der Waals surface area contributed by atoms with Crippen LogP contribution in [-0.4, -0.2) is 33.9 Å². The molecule has 0 aliphatic carbocycles. The number of aromatic amines is 1. The molecule has 0 radical (unpaired) electrons. The summed E-state index contributed by atoms with van der Waals surface area (Å²) in [6.07, 6.45) is 5.82. The first-order valence-electron chi connectivity index (χ1n) is 8.61. The molecule has 4 rings (SSSR count). The van der Waals surface area contributed by atoms with Gasteiger partial charge < -0.3 is 9.88 Å². The Hall–Kier alpha value is -2.33. The van der Waals surface area contributed by atoms with Crippen LogP contribution in [0.15, 0.2) is 42.7 Å². The Morgan fingerprint density at radius 3 is 2.84 bits per heavy atom. The molecule has 1 N–H and O–H groups in total. The zero-order valence-corrected chi connectivity index (χ0v) is 14.9. The first-order valence-corrected chi connectivity index (χ1v) is 8.98. The fourth-order valence-electron chi connectivity index (χ4n) is 3.67. The van der Waals surface area contributed by atoms with Gasteiger partial charge in [0.2, 0.25) is 0 Å². The van der Waals surface area contributed by atoms with E-state index in [2.05, 4.69) is 22.2 Å². The van der Waals surface area contributed by atoms with Gasteiger partial charge in [0.15, 0.2) is 0 Å². The molecular formula is C20H20ClN3O. The van der Waals surface area contributed by atoms with Crippen LogP contribution in [0.3, 0.4) is 0 Å². The van der Waals surface area contributed by atoms with E-state index >= 15 is 0 Å². The lowest BCUT2D eigenvalue weighted by atomic mass is 9.89. The number of H-pyrrole nitrogens is 1. The van der Waals surface area contributed by atoms with Gasteiger partial charge in [-0.15, -0.1) is 0 Å². The number of hydrogen-bond donors (Lipinski definition) is 1. The summed E-state index contributed by atoms with van der Waals surface area (Å²) in [4.78, 5) is 22.3. The van der Waals surface area contributed by atoms with E-state index in [4.69, 9.17) is 11.6 Å². The van der Waals surface area contributed by atoms with Gasteiger partial charge in [-0.05, 0) is 67.1 Å². The lowest BCUT2D eigenvalue weighted by Gasteiger charge is -2.32. The summed E-state index contributed by atoms with van der Waals surface area (Å²) >= 11 is 6.06. The number of pyridine rings is 1. The topological polar surface area (TPSA) is 49.0 Å². The van der Waals surface area contributed by atoms with Crippen molar-refractivity contribution in [3.63, 3.8) is 0 Å². The molecule has 0 unspecified atom stereocenters. The highest BCUT2D eigenvalue weighted by Gasteiger charge is 2.26. The lowest BCUT2D eigenvalue weighted by Crippen LogP contribution is -2.37. The van der Waals surface area contributed by atoms with Gasteiger partial charge >= 0.3 is 0 Å². The number of rotatable bonds is 2. The fourth-order valence-corrected chi connectivity index (χ4v) is 3.79. The number of likely N-dealkylation sites (tertiary alicyclic amines) is 1. The van der Waals surface area contributed by atoms with Crippen molar-refractivity contribution in [2.75, 3.05) is 13.1 Å². The number of carbonyl (C=O) groups is 1. The van der Waals surface area contributed by atoms with Gasteiger partial charge in [0.1, 0.15) is 5.65 Å². The normalized spacial score (nSPS) is 15.7. The van der Waals surface area contributed by atoms with Gasteiger partial charge in [-0.1, -0.05) is 11.6 Å². The Morgan fingerprint density at radius 1 is 1.28 bits per heavy atom. The van der Waals surface area contributed by atoms with Crippen molar-refractivity contribution >= 4 is 28.5 Å². The van der Waals surface area contributed by atoms with Crippen molar-refractivity contribution in [2.24, 2.45) is 0 Å². The number of nitrogens with zero attached hydrogens (tertiary/aromatic N) is 2. The number of halogens is 1. The summed E-state index contributed by atoms with van der Waals surface area (Å²) in [5.41, 5.74) is 3.91. The Morgan fingerprint density at radius 2 is 2.08 bits per heavy atom. The van der Waals surface area contributed by atoms with Gasteiger partial charge in [0, 0.05) is 41.5 Å². The number of piperidine rings is 1. The van der Waals surface area contributed by atoms with E-state index in [9.17, 15) is 4.79 Å². The number of amides is 1. The molecule has 1 amide bonds. The first kappa shape index (κ1) is 16.2. The molecule has 0 bridgehead atoms. The predicted molar refractivity (Wildman–Crippen MR) is 100 cm³/mol. The maximum absolute atomic E-state index is 12.7. The Balaban J connectivity index is 1.47. The molecule has 0 atom stereocenters. The quantitative estimate of drug-likeness (QED) is 0.735. The van der Waals surface area contributed by atoms with Gasteiger partial charge in [-0.25, -0.2) is 4.98 Å². The second-order valence-corrected chi connectivity index (χ2v) is 7.08. The highest BCUT2D eigenvalue weighted by atomic mass is 35.5. The number of fused-ring (bicyclic) bond motifs is 1. The van der Waals surface area contributed by atoms with E-state index in [0.717, 1.165) is 42.7 Å². The molecule has 5 heteroatoms. The molecular weight excluding hydrogens is 334 g/mol. The summed E-state index contributed by atoms with van der Waals surface area (Å²) in [5.74, 6) is 0.563. The van der Waals surface area contributed by atoms with Crippen LogP contribution < -0.4 is 0 Å². The molecule has 0 saturated carbocycles. The third-order valence-corrected chi connectivity index (χ3v) is 5.53. The van der Waals surface area contributed by atoms with Gasteiger partial charge in [0.05, 0.1) is 0 Å². The average Bonchev–Trinajstić information content (AvgIpc) is 3.08. The standard InChI is InChI=1S/C20H20ClN3O/c1-13-11-15(4-5-18(13)21)20(25)24-9-6-14(7-10-24)17-12-23-19-16(17)3-2-8-22-19/h2-5,8,11-12,14H,6-7,9-10H2,1H3,(H,22,23). The molecule has 1 saturated heterocycles. The Labute approximate surface area is 151 Å². The highest BCUT2D eigenvalue weighted by Crippen LogP contribution is 2.33. The monoisotopic (exact) mass is 353 g/mol. The smallest absolute Gasteiger partial charge is 0.253 e. The van der Waals surface area contributed by atoms with E-state index in [1.54, 1.807) is 12.3 Å². The zero-order valence-electron chi connectivity index (χ0n) is 14.1. The predicted octanol–water partition coefficient (Wildman–Crippen LogP) is 4.54. The summed E-state index contributed by atoms with van der Waals surface area (Å²) in [7, 11) is 0. The maximum Gasteiger partial charge on any atom is 0.253 e. The minimum Gasteiger partial charge on any atom is -0.346 e. The summed E-state index contributed by atoms with van der Waals surface area (Å²) in [6, 6.07) is 9.58. The SMILES string of the molecule is Cc1cc(C(=O)N2CCC(c3c[nH]c4ncccc34)CC2)ccc1Cl. The molecule has 25 heavy (non-hydrogen) atoms. The number of carbonyl (C=O) groups excluding carboxylic acids is 1. The second kappa shape index (κ2) is 6.52. The molecule has 2 aromatic heterocycles. The van der Waals surface area contributed by atoms with Gasteiger partial charge in [-0.3, -0.25) is 4.79 Å². The molecule has 3 aromatic rings. The molecule has 128 valence electrons. The van der Waals surface area contributed by atoms with Crippen molar-refractivity contribution in [3.8, 4) is 0 Å². The van der Waals surface area contributed by atoms with Crippen molar-refractivity contribution in [3.05, 3.63) is 64.4 Å². The largest absolute Gasteiger partial charge is 0.346 e. The van der Waals surface area contributed by atoms with Crippen molar-refractivity contribution in [1.29, 1.82) is 0 Å². The number of aromatic nitrogens is 2. The van der Waals surface area contributed by atoms with Crippen LogP contribution in [0.4, 0.5) is 0 Å². The van der Waals surface area contributed by atoms with E-state index in [1.807, 2.05) is 30.0 Å². The van der Waals surface area contributed by atoms with Crippen LogP contribution in [0.25, 0.3) is 11.0 Å². The van der Waals surface area contributed by atoms with Crippen molar-refractivity contribution in [1.82, 2.24) is 14.9 Å². The number of nitrogens with one attached hydrogen (secondary N) is 1. The zero-order chi connectivity index (χ0) is 17.4. The van der Waals surface area contributed by atoms with Crippen molar-refractivity contribution in [2.45, 2.75) is 25.7 Å². The molecule has 0 spiro atoms. The Bertz CT molecular complexity index is 926. The number of aryl methyl sites for hydroxylation is 1. The second-order valence-electron chi connectivity index (χ2n) is 6.67. The van der Waals surface area contributed by atoms with Crippen LogP contribution in [0, 0.1) is 6.92 Å².